The van der Waals surface area contributed by atoms with E-state index in [0.29, 0.717) is 5.56 Å². The molecule has 0 bridgehead atoms. The van der Waals surface area contributed by atoms with E-state index >= 15 is 0 Å². The van der Waals surface area contributed by atoms with E-state index in [4.69, 9.17) is 0 Å². The molecular weight excluding hydrogens is 367 g/mol. The van der Waals surface area contributed by atoms with Crippen molar-refractivity contribution in [2.24, 2.45) is 5.10 Å². The number of carbonyl (C=O) groups is 1. The summed E-state index contributed by atoms with van der Waals surface area (Å²) in [7, 11) is 0. The second-order valence-electron chi connectivity index (χ2n) is 6.29. The highest BCUT2D eigenvalue weighted by atomic mass is 19.1. The van der Waals surface area contributed by atoms with E-state index in [0.717, 1.165) is 22.5 Å². The summed E-state index contributed by atoms with van der Waals surface area (Å²) in [6, 6.07) is 24.8. The van der Waals surface area contributed by atoms with Gasteiger partial charge in [-0.25, -0.2) is 14.5 Å². The maximum Gasteiger partial charge on any atom is 0.271 e. The van der Waals surface area contributed by atoms with Crippen molar-refractivity contribution in [3.63, 3.8) is 0 Å². The largest absolute Gasteiger partial charge is 0.271 e. The molecule has 1 amide bonds. The molecule has 0 saturated carbocycles. The van der Waals surface area contributed by atoms with Crippen LogP contribution in [0.5, 0.6) is 0 Å². The minimum Gasteiger partial charge on any atom is -0.267 e. The Kier molecular flexibility index (Phi) is 5.25. The lowest BCUT2D eigenvalue weighted by Gasteiger charge is -2.00. The van der Waals surface area contributed by atoms with Crippen LogP contribution >= 0.6 is 0 Å². The van der Waals surface area contributed by atoms with Gasteiger partial charge in [-0.2, -0.15) is 10.2 Å². The molecule has 0 spiro atoms. The maximum absolute atomic E-state index is 13.0. The number of nitrogens with zero attached hydrogens (tertiary/aromatic N) is 3. The molecule has 5 nitrogen and oxygen atoms in total. The fourth-order valence-electron chi connectivity index (χ4n) is 2.84. The Balaban J connectivity index is 1.61. The molecule has 3 aromatic carbocycles. The topological polar surface area (TPSA) is 59.3 Å². The van der Waals surface area contributed by atoms with Crippen molar-refractivity contribution in [2.75, 3.05) is 0 Å². The zero-order chi connectivity index (χ0) is 20.1. The second kappa shape index (κ2) is 8.31. The summed E-state index contributed by atoms with van der Waals surface area (Å²) in [5.41, 5.74) is 6.14. The lowest BCUT2D eigenvalue weighted by molar-refractivity contribution is 0.0955. The summed E-state index contributed by atoms with van der Waals surface area (Å²) in [5, 5.41) is 8.75. The van der Waals surface area contributed by atoms with Gasteiger partial charge in [-0.3, -0.25) is 4.79 Å². The second-order valence-corrected chi connectivity index (χ2v) is 6.29. The number of aromatic nitrogens is 2. The minimum absolute atomic E-state index is 0.326. The number of carbonyl (C=O) groups excluding carboxylic acids is 1. The van der Waals surface area contributed by atoms with E-state index in [-0.39, 0.29) is 0 Å². The fraction of sp³-hybridized carbons (Fsp3) is 0. The number of hydrogen-bond acceptors (Lipinski definition) is 3. The smallest absolute Gasteiger partial charge is 0.267 e. The van der Waals surface area contributed by atoms with Crippen LogP contribution in [0.4, 0.5) is 4.39 Å². The molecule has 1 N–H and O–H groups in total. The lowest BCUT2D eigenvalue weighted by Crippen LogP contribution is -2.17. The molecule has 0 aliphatic rings. The number of halogens is 1. The predicted octanol–water partition coefficient (Wildman–Crippen LogP) is 4.44. The van der Waals surface area contributed by atoms with Gasteiger partial charge in [0.15, 0.2) is 0 Å². The normalized spacial score (nSPS) is 10.9. The first-order chi connectivity index (χ1) is 14.2. The van der Waals surface area contributed by atoms with Gasteiger partial charge in [0, 0.05) is 22.9 Å². The van der Waals surface area contributed by atoms with Gasteiger partial charge in [-0.05, 0) is 36.4 Å². The standard InChI is InChI=1S/C23H17FN4O/c24-20-13-11-18(12-14-20)23(29)26-25-15-19-16-28(21-9-5-2-6-10-21)27-22(19)17-7-3-1-4-8-17/h1-16H,(H,26,29)/b25-15-. The molecule has 0 radical (unpaired) electrons. The van der Waals surface area contributed by atoms with E-state index in [1.54, 1.807) is 10.9 Å². The number of amides is 1. The van der Waals surface area contributed by atoms with Crippen LogP contribution in [0.15, 0.2) is 96.2 Å². The third-order valence-electron chi connectivity index (χ3n) is 4.29. The van der Waals surface area contributed by atoms with Gasteiger partial charge in [0.25, 0.3) is 5.91 Å². The van der Waals surface area contributed by atoms with Gasteiger partial charge < -0.3 is 0 Å². The van der Waals surface area contributed by atoms with Crippen molar-refractivity contribution in [3.8, 4) is 16.9 Å². The first kappa shape index (κ1) is 18.3. The molecule has 6 heteroatoms. The van der Waals surface area contributed by atoms with Gasteiger partial charge in [-0.15, -0.1) is 0 Å². The van der Waals surface area contributed by atoms with Crippen LogP contribution < -0.4 is 5.43 Å². The van der Waals surface area contributed by atoms with E-state index in [2.05, 4.69) is 15.6 Å². The van der Waals surface area contributed by atoms with Crippen LogP contribution in [-0.4, -0.2) is 21.9 Å². The average molecular weight is 384 g/mol. The molecule has 0 unspecified atom stereocenters. The molecule has 1 heterocycles. The number of hydrogen-bond donors (Lipinski definition) is 1. The Morgan fingerprint density at radius 3 is 2.28 bits per heavy atom. The Morgan fingerprint density at radius 1 is 0.931 bits per heavy atom. The molecular formula is C23H17FN4O. The third kappa shape index (κ3) is 4.27. The van der Waals surface area contributed by atoms with Gasteiger partial charge >= 0.3 is 0 Å². The summed E-state index contributed by atoms with van der Waals surface area (Å²) in [5.74, 6) is -0.816. The molecule has 0 aliphatic carbocycles. The summed E-state index contributed by atoms with van der Waals surface area (Å²) in [4.78, 5) is 12.2. The SMILES string of the molecule is O=C(N/N=C\c1cn(-c2ccccc2)nc1-c1ccccc1)c1ccc(F)cc1. The molecule has 1 aromatic heterocycles. The quantitative estimate of drug-likeness (QED) is 0.408. The van der Waals surface area contributed by atoms with Gasteiger partial charge in [0.1, 0.15) is 11.5 Å². The van der Waals surface area contributed by atoms with Crippen molar-refractivity contribution in [2.45, 2.75) is 0 Å². The van der Waals surface area contributed by atoms with Crippen molar-refractivity contribution in [3.05, 3.63) is 108 Å². The number of hydrazone groups is 1. The zero-order valence-corrected chi connectivity index (χ0v) is 15.4. The summed E-state index contributed by atoms with van der Waals surface area (Å²) in [6.07, 6.45) is 3.40. The predicted molar refractivity (Wildman–Crippen MR) is 110 cm³/mol. The van der Waals surface area contributed by atoms with E-state index in [1.807, 2.05) is 66.9 Å². The number of rotatable bonds is 5. The van der Waals surface area contributed by atoms with Crippen LogP contribution in [0.2, 0.25) is 0 Å². The fourth-order valence-corrected chi connectivity index (χ4v) is 2.84. The minimum atomic E-state index is -0.419. The van der Waals surface area contributed by atoms with Crippen molar-refractivity contribution in [1.29, 1.82) is 0 Å². The highest BCUT2D eigenvalue weighted by molar-refractivity contribution is 5.95. The number of benzene rings is 3. The molecule has 4 aromatic rings. The van der Waals surface area contributed by atoms with Crippen LogP contribution in [0.25, 0.3) is 16.9 Å². The summed E-state index contributed by atoms with van der Waals surface area (Å²) < 4.78 is 14.8. The number of para-hydroxylation sites is 1. The van der Waals surface area contributed by atoms with Crippen molar-refractivity contribution in [1.82, 2.24) is 15.2 Å². The molecule has 142 valence electrons. The molecule has 0 saturated heterocycles. The lowest BCUT2D eigenvalue weighted by atomic mass is 10.1. The van der Waals surface area contributed by atoms with Gasteiger partial charge in [0.2, 0.25) is 0 Å². The molecule has 0 atom stereocenters. The molecule has 29 heavy (non-hydrogen) atoms. The highest BCUT2D eigenvalue weighted by Gasteiger charge is 2.11. The van der Waals surface area contributed by atoms with E-state index in [1.165, 1.54) is 24.3 Å². The van der Waals surface area contributed by atoms with Gasteiger partial charge in [-0.1, -0.05) is 48.5 Å². The third-order valence-corrected chi connectivity index (χ3v) is 4.29. The molecule has 4 rings (SSSR count). The Morgan fingerprint density at radius 2 is 1.59 bits per heavy atom. The zero-order valence-electron chi connectivity index (χ0n) is 15.4. The average Bonchev–Trinajstić information content (AvgIpc) is 3.19. The van der Waals surface area contributed by atoms with Crippen LogP contribution in [0, 0.1) is 5.82 Å². The molecule has 0 aliphatic heterocycles. The Labute approximate surface area is 167 Å². The first-order valence-corrected chi connectivity index (χ1v) is 9.00. The van der Waals surface area contributed by atoms with Crippen molar-refractivity contribution < 1.29 is 9.18 Å². The van der Waals surface area contributed by atoms with Crippen LogP contribution in [-0.2, 0) is 0 Å². The Hall–Kier alpha value is -4.06. The van der Waals surface area contributed by atoms with Gasteiger partial charge in [0.05, 0.1) is 11.9 Å². The summed E-state index contributed by atoms with van der Waals surface area (Å²) in [6.45, 7) is 0. The Bertz CT molecular complexity index is 1140. The summed E-state index contributed by atoms with van der Waals surface area (Å²) >= 11 is 0. The van der Waals surface area contributed by atoms with E-state index in [9.17, 15) is 9.18 Å². The molecule has 0 fully saturated rings. The maximum atomic E-state index is 13.0. The highest BCUT2D eigenvalue weighted by Crippen LogP contribution is 2.22. The van der Waals surface area contributed by atoms with Crippen LogP contribution in [0.1, 0.15) is 15.9 Å². The number of nitrogens with one attached hydrogen (secondary N) is 1. The monoisotopic (exact) mass is 384 g/mol. The van der Waals surface area contributed by atoms with Crippen LogP contribution in [0.3, 0.4) is 0 Å². The van der Waals surface area contributed by atoms with Crippen molar-refractivity contribution >= 4 is 12.1 Å². The first-order valence-electron chi connectivity index (χ1n) is 9.00. The van der Waals surface area contributed by atoms with E-state index < -0.39 is 11.7 Å².